The molecule has 14 heavy (non-hydrogen) atoms. The zero-order chi connectivity index (χ0) is 10.7. The van der Waals surface area contributed by atoms with Crippen LogP contribution in [0.2, 0.25) is 0 Å². The van der Waals surface area contributed by atoms with Gasteiger partial charge in [-0.15, -0.1) is 0 Å². The molecule has 1 aromatic rings. The van der Waals surface area contributed by atoms with E-state index in [2.05, 4.69) is 0 Å². The molecular weight excluding hydrogens is 184 g/mol. The summed E-state index contributed by atoms with van der Waals surface area (Å²) in [5.41, 5.74) is 0.0265. The molecule has 0 unspecified atom stereocenters. The molecule has 0 aromatic carbocycles. The highest BCUT2D eigenvalue weighted by Gasteiger charge is 2.04. The number of aliphatic hydroxyl groups excluding tert-OH is 1. The summed E-state index contributed by atoms with van der Waals surface area (Å²) < 4.78 is 2.49. The van der Waals surface area contributed by atoms with Gasteiger partial charge in [0.05, 0.1) is 0 Å². The molecule has 1 aromatic heterocycles. The first-order chi connectivity index (χ1) is 6.57. The number of aromatic nitrogens is 2. The Morgan fingerprint density at radius 2 is 1.93 bits per heavy atom. The molecule has 5 nitrogen and oxygen atoms in total. The minimum absolute atomic E-state index is 0.0589. The van der Waals surface area contributed by atoms with Crippen LogP contribution < -0.4 is 11.2 Å². The van der Waals surface area contributed by atoms with Crippen molar-refractivity contribution in [3.05, 3.63) is 32.6 Å². The minimum atomic E-state index is -0.328. The number of nitrogens with zero attached hydrogens (tertiary/aromatic N) is 2. The first-order valence-electron chi connectivity index (χ1n) is 4.44. The molecule has 0 saturated carbocycles. The first-order valence-corrected chi connectivity index (χ1v) is 4.44. The molecule has 0 radical (unpaired) electrons. The lowest BCUT2D eigenvalue weighted by Gasteiger charge is -2.07. The average molecular weight is 198 g/mol. The van der Waals surface area contributed by atoms with Crippen LogP contribution in [-0.4, -0.2) is 20.8 Å². The van der Waals surface area contributed by atoms with Gasteiger partial charge in [-0.05, 0) is 12.8 Å². The molecule has 1 N–H and O–H groups in total. The number of aliphatic hydroxyl groups is 1. The van der Waals surface area contributed by atoms with Crippen LogP contribution >= 0.6 is 0 Å². The monoisotopic (exact) mass is 198 g/mol. The Morgan fingerprint density at radius 3 is 2.50 bits per heavy atom. The fourth-order valence-corrected chi connectivity index (χ4v) is 1.28. The van der Waals surface area contributed by atoms with Crippen molar-refractivity contribution in [1.82, 2.24) is 9.13 Å². The summed E-state index contributed by atoms with van der Waals surface area (Å²) in [6.07, 6.45) is 1.10. The summed E-state index contributed by atoms with van der Waals surface area (Å²) in [4.78, 5) is 22.7. The van der Waals surface area contributed by atoms with E-state index in [-0.39, 0.29) is 17.9 Å². The van der Waals surface area contributed by atoms with Gasteiger partial charge in [0, 0.05) is 32.5 Å². The zero-order valence-corrected chi connectivity index (χ0v) is 8.36. The molecule has 0 bridgehead atoms. The summed E-state index contributed by atoms with van der Waals surface area (Å²) in [5, 5.41) is 8.64. The van der Waals surface area contributed by atoms with E-state index in [0.717, 1.165) is 4.57 Å². The highest BCUT2D eigenvalue weighted by molar-refractivity contribution is 5.02. The van der Waals surface area contributed by atoms with Gasteiger partial charge in [-0.2, -0.15) is 0 Å². The lowest BCUT2D eigenvalue weighted by Crippen LogP contribution is -2.38. The van der Waals surface area contributed by atoms with Crippen LogP contribution in [0, 0.1) is 0 Å². The Kier molecular flexibility index (Phi) is 3.24. The van der Waals surface area contributed by atoms with Gasteiger partial charge in [0.15, 0.2) is 0 Å². The summed E-state index contributed by atoms with van der Waals surface area (Å²) >= 11 is 0. The van der Waals surface area contributed by atoms with Crippen LogP contribution in [0.3, 0.4) is 0 Å². The number of hydrogen-bond donors (Lipinski definition) is 1. The smallest absolute Gasteiger partial charge is 0.330 e. The van der Waals surface area contributed by atoms with Gasteiger partial charge in [0.2, 0.25) is 0 Å². The molecule has 0 amide bonds. The van der Waals surface area contributed by atoms with E-state index in [1.165, 1.54) is 17.7 Å². The van der Waals surface area contributed by atoms with E-state index >= 15 is 0 Å². The van der Waals surface area contributed by atoms with Crippen LogP contribution in [0.15, 0.2) is 15.7 Å². The van der Waals surface area contributed by atoms with E-state index in [1.807, 2.05) is 0 Å². The second-order valence-corrected chi connectivity index (χ2v) is 3.20. The van der Waals surface area contributed by atoms with Gasteiger partial charge in [-0.25, -0.2) is 4.79 Å². The molecule has 1 heterocycles. The molecule has 0 atom stereocenters. The van der Waals surface area contributed by atoms with Crippen molar-refractivity contribution in [3.8, 4) is 0 Å². The highest BCUT2D eigenvalue weighted by atomic mass is 16.3. The molecule has 0 aliphatic heterocycles. The van der Waals surface area contributed by atoms with Crippen molar-refractivity contribution in [2.45, 2.75) is 12.8 Å². The van der Waals surface area contributed by atoms with Crippen LogP contribution in [0.25, 0.3) is 0 Å². The standard InChI is InChI=1S/C9H14N2O3/c1-10-7(4-3-5-12)6-8(13)11(2)9(10)14/h6,12H,3-5H2,1-2H3. The van der Waals surface area contributed by atoms with Gasteiger partial charge in [-0.3, -0.25) is 9.36 Å². The van der Waals surface area contributed by atoms with Gasteiger partial charge in [-0.1, -0.05) is 0 Å². The molecule has 0 fully saturated rings. The summed E-state index contributed by atoms with van der Waals surface area (Å²) in [7, 11) is 3.06. The third-order valence-electron chi connectivity index (χ3n) is 2.22. The van der Waals surface area contributed by atoms with Crippen molar-refractivity contribution < 1.29 is 5.11 Å². The number of aryl methyl sites for hydroxylation is 1. The third kappa shape index (κ3) is 1.93. The van der Waals surface area contributed by atoms with E-state index < -0.39 is 0 Å². The van der Waals surface area contributed by atoms with Crippen molar-refractivity contribution in [2.24, 2.45) is 14.1 Å². The van der Waals surface area contributed by atoms with Gasteiger partial charge >= 0.3 is 5.69 Å². The summed E-state index contributed by atoms with van der Waals surface area (Å²) in [6, 6.07) is 1.43. The van der Waals surface area contributed by atoms with Crippen molar-refractivity contribution >= 4 is 0 Å². The second-order valence-electron chi connectivity index (χ2n) is 3.20. The minimum Gasteiger partial charge on any atom is -0.396 e. The average Bonchev–Trinajstić information content (AvgIpc) is 2.18. The lowest BCUT2D eigenvalue weighted by atomic mass is 10.2. The Labute approximate surface area is 81.2 Å². The molecule has 5 heteroatoms. The molecule has 0 saturated heterocycles. The molecule has 0 aliphatic rings. The maximum Gasteiger partial charge on any atom is 0.330 e. The first kappa shape index (κ1) is 10.7. The molecule has 78 valence electrons. The van der Waals surface area contributed by atoms with Gasteiger partial charge < -0.3 is 9.67 Å². The SMILES string of the molecule is Cn1c(CCCO)cc(=O)n(C)c1=O. The largest absolute Gasteiger partial charge is 0.396 e. The third-order valence-corrected chi connectivity index (χ3v) is 2.22. The molecular formula is C9H14N2O3. The lowest BCUT2D eigenvalue weighted by molar-refractivity contribution is 0.287. The normalized spacial score (nSPS) is 10.5. The van der Waals surface area contributed by atoms with E-state index in [9.17, 15) is 9.59 Å². The molecule has 0 aliphatic carbocycles. The van der Waals surface area contributed by atoms with Crippen molar-refractivity contribution in [2.75, 3.05) is 6.61 Å². The van der Waals surface area contributed by atoms with Gasteiger partial charge in [0.1, 0.15) is 0 Å². The maximum atomic E-state index is 11.4. The van der Waals surface area contributed by atoms with Gasteiger partial charge in [0.25, 0.3) is 5.56 Å². The Hall–Kier alpha value is -1.36. The van der Waals surface area contributed by atoms with Crippen LogP contribution in [0.1, 0.15) is 12.1 Å². The zero-order valence-electron chi connectivity index (χ0n) is 8.36. The predicted molar refractivity (Wildman–Crippen MR) is 52.3 cm³/mol. The number of rotatable bonds is 3. The van der Waals surface area contributed by atoms with E-state index in [4.69, 9.17) is 5.11 Å². The predicted octanol–water partition coefficient (Wildman–Crippen LogP) is -0.991. The fraction of sp³-hybridized carbons (Fsp3) is 0.556. The Balaban J connectivity index is 3.20. The number of hydrogen-bond acceptors (Lipinski definition) is 3. The topological polar surface area (TPSA) is 64.2 Å². The Morgan fingerprint density at radius 1 is 1.29 bits per heavy atom. The van der Waals surface area contributed by atoms with Crippen LogP contribution in [0.5, 0.6) is 0 Å². The van der Waals surface area contributed by atoms with Crippen LogP contribution in [0.4, 0.5) is 0 Å². The summed E-state index contributed by atoms with van der Waals surface area (Å²) in [5.74, 6) is 0. The Bertz CT molecular complexity index is 431. The molecule has 1 rings (SSSR count). The second kappa shape index (κ2) is 4.23. The fourth-order valence-electron chi connectivity index (χ4n) is 1.28. The summed E-state index contributed by atoms with van der Waals surface area (Å²) in [6.45, 7) is 0.0589. The van der Waals surface area contributed by atoms with Crippen LogP contribution in [-0.2, 0) is 20.5 Å². The van der Waals surface area contributed by atoms with E-state index in [1.54, 1.807) is 7.05 Å². The quantitative estimate of drug-likeness (QED) is 0.678. The van der Waals surface area contributed by atoms with E-state index in [0.29, 0.717) is 18.5 Å². The van der Waals surface area contributed by atoms with Crippen molar-refractivity contribution in [1.29, 1.82) is 0 Å². The maximum absolute atomic E-state index is 11.4. The van der Waals surface area contributed by atoms with Crippen molar-refractivity contribution in [3.63, 3.8) is 0 Å². The highest BCUT2D eigenvalue weighted by Crippen LogP contribution is 1.95. The molecule has 0 spiro atoms.